The molecule has 20 heavy (non-hydrogen) atoms. The number of carbonyl (C=O) groups is 1. The van der Waals surface area contributed by atoms with Gasteiger partial charge in [-0.05, 0) is 29.8 Å². The Labute approximate surface area is 118 Å². The fourth-order valence-electron chi connectivity index (χ4n) is 1.71. The van der Waals surface area contributed by atoms with Crippen LogP contribution in [0.3, 0.4) is 0 Å². The fraction of sp³-hybridized carbons (Fsp3) is 0.188. The minimum absolute atomic E-state index is 0.0196. The molecule has 2 aromatic rings. The number of benzene rings is 2. The first-order valence-electron chi connectivity index (χ1n) is 6.49. The van der Waals surface area contributed by atoms with Gasteiger partial charge in [-0.2, -0.15) is 0 Å². The van der Waals surface area contributed by atoms with Gasteiger partial charge in [-0.3, -0.25) is 4.79 Å². The van der Waals surface area contributed by atoms with E-state index >= 15 is 0 Å². The molecule has 0 saturated heterocycles. The Hall–Kier alpha value is -2.49. The highest BCUT2D eigenvalue weighted by Gasteiger charge is 2.02. The summed E-state index contributed by atoms with van der Waals surface area (Å²) in [6.45, 7) is 0.535. The Bertz CT molecular complexity index is 538. The van der Waals surface area contributed by atoms with Crippen LogP contribution in [0.4, 0.5) is 5.69 Å². The molecule has 0 aliphatic heterocycles. The minimum atomic E-state index is -0.133. The van der Waals surface area contributed by atoms with Gasteiger partial charge < -0.3 is 15.4 Å². The van der Waals surface area contributed by atoms with Crippen molar-refractivity contribution in [3.05, 3.63) is 60.2 Å². The van der Waals surface area contributed by atoms with Gasteiger partial charge in [-0.25, -0.2) is 0 Å². The van der Waals surface area contributed by atoms with Crippen LogP contribution in [0.15, 0.2) is 54.6 Å². The Morgan fingerprint density at radius 1 is 1.05 bits per heavy atom. The van der Waals surface area contributed by atoms with Crippen LogP contribution in [-0.2, 0) is 11.3 Å². The quantitative estimate of drug-likeness (QED) is 0.847. The van der Waals surface area contributed by atoms with Crippen LogP contribution in [0.1, 0.15) is 5.56 Å². The van der Waals surface area contributed by atoms with E-state index < -0.39 is 0 Å². The van der Waals surface area contributed by atoms with Gasteiger partial charge in [0.2, 0.25) is 0 Å². The van der Waals surface area contributed by atoms with Gasteiger partial charge in [0, 0.05) is 19.3 Å². The van der Waals surface area contributed by atoms with E-state index in [1.807, 2.05) is 61.6 Å². The van der Waals surface area contributed by atoms with Gasteiger partial charge in [0.25, 0.3) is 5.91 Å². The highest BCUT2D eigenvalue weighted by molar-refractivity contribution is 5.77. The van der Waals surface area contributed by atoms with Crippen molar-refractivity contribution in [3.8, 4) is 5.75 Å². The molecule has 0 radical (unpaired) electrons. The lowest BCUT2D eigenvalue weighted by atomic mass is 10.2. The van der Waals surface area contributed by atoms with Crippen molar-refractivity contribution in [2.45, 2.75) is 6.54 Å². The minimum Gasteiger partial charge on any atom is -0.484 e. The van der Waals surface area contributed by atoms with E-state index in [0.717, 1.165) is 11.3 Å². The molecule has 0 aliphatic rings. The van der Waals surface area contributed by atoms with E-state index in [4.69, 9.17) is 4.74 Å². The largest absolute Gasteiger partial charge is 0.484 e. The van der Waals surface area contributed by atoms with E-state index in [2.05, 4.69) is 10.6 Å². The highest BCUT2D eigenvalue weighted by atomic mass is 16.5. The molecule has 0 bridgehead atoms. The molecule has 1 amide bonds. The van der Waals surface area contributed by atoms with E-state index in [-0.39, 0.29) is 12.5 Å². The van der Waals surface area contributed by atoms with Crippen LogP contribution in [0, 0.1) is 0 Å². The van der Waals surface area contributed by atoms with E-state index in [9.17, 15) is 4.79 Å². The molecule has 0 spiro atoms. The summed E-state index contributed by atoms with van der Waals surface area (Å²) >= 11 is 0. The van der Waals surface area contributed by atoms with E-state index in [0.29, 0.717) is 12.3 Å². The number of nitrogens with one attached hydrogen (secondary N) is 2. The molecule has 2 N–H and O–H groups in total. The molecule has 0 atom stereocenters. The summed E-state index contributed by atoms with van der Waals surface area (Å²) in [5.41, 5.74) is 2.07. The molecule has 2 rings (SSSR count). The second-order valence-corrected chi connectivity index (χ2v) is 4.33. The first kappa shape index (κ1) is 13.9. The summed E-state index contributed by atoms with van der Waals surface area (Å²) < 4.78 is 5.42. The molecule has 0 aliphatic carbocycles. The van der Waals surface area contributed by atoms with Gasteiger partial charge in [0.15, 0.2) is 6.61 Å². The smallest absolute Gasteiger partial charge is 0.258 e. The third kappa shape index (κ3) is 4.31. The van der Waals surface area contributed by atoms with Gasteiger partial charge in [0.05, 0.1) is 0 Å². The maximum atomic E-state index is 11.7. The lowest BCUT2D eigenvalue weighted by molar-refractivity contribution is -0.123. The summed E-state index contributed by atoms with van der Waals surface area (Å²) in [5.74, 6) is 0.547. The van der Waals surface area contributed by atoms with Crippen molar-refractivity contribution in [3.63, 3.8) is 0 Å². The summed E-state index contributed by atoms with van der Waals surface area (Å²) in [4.78, 5) is 11.7. The second-order valence-electron chi connectivity index (χ2n) is 4.33. The van der Waals surface area contributed by atoms with E-state index in [1.165, 1.54) is 0 Å². The molecule has 2 aromatic carbocycles. The number of amides is 1. The summed E-state index contributed by atoms with van der Waals surface area (Å²) in [7, 11) is 1.85. The normalized spacial score (nSPS) is 9.85. The predicted octanol–water partition coefficient (Wildman–Crippen LogP) is 2.42. The molecule has 0 aromatic heterocycles. The van der Waals surface area contributed by atoms with E-state index in [1.54, 1.807) is 0 Å². The summed E-state index contributed by atoms with van der Waals surface area (Å²) in [6, 6.07) is 17.2. The van der Waals surface area contributed by atoms with Crippen LogP contribution >= 0.6 is 0 Å². The summed E-state index contributed by atoms with van der Waals surface area (Å²) in [6.07, 6.45) is 0. The molecule has 0 unspecified atom stereocenters. The maximum Gasteiger partial charge on any atom is 0.258 e. The SMILES string of the molecule is CNc1ccc(OCC(=O)NCc2ccccc2)cc1. The van der Waals surface area contributed by atoms with Crippen LogP contribution in [0.2, 0.25) is 0 Å². The molecule has 104 valence electrons. The Balaban J connectivity index is 1.74. The zero-order valence-electron chi connectivity index (χ0n) is 11.4. The highest BCUT2D eigenvalue weighted by Crippen LogP contribution is 2.14. The average Bonchev–Trinajstić information content (AvgIpc) is 2.52. The van der Waals surface area contributed by atoms with Crippen molar-refractivity contribution in [2.75, 3.05) is 19.0 Å². The second kappa shape index (κ2) is 7.19. The van der Waals surface area contributed by atoms with Crippen LogP contribution < -0.4 is 15.4 Å². The predicted molar refractivity (Wildman–Crippen MR) is 79.8 cm³/mol. The molecular formula is C16H18N2O2. The lowest BCUT2D eigenvalue weighted by Crippen LogP contribution is -2.28. The Morgan fingerprint density at radius 2 is 1.75 bits per heavy atom. The molecular weight excluding hydrogens is 252 g/mol. The summed E-state index contributed by atoms with van der Waals surface area (Å²) in [5, 5.41) is 5.84. The number of carbonyl (C=O) groups excluding carboxylic acids is 1. The average molecular weight is 270 g/mol. The van der Waals surface area contributed by atoms with Crippen molar-refractivity contribution < 1.29 is 9.53 Å². The van der Waals surface area contributed by atoms with Gasteiger partial charge in [-0.15, -0.1) is 0 Å². The fourth-order valence-corrected chi connectivity index (χ4v) is 1.71. The zero-order valence-corrected chi connectivity index (χ0v) is 11.4. The van der Waals surface area contributed by atoms with Crippen LogP contribution in [-0.4, -0.2) is 19.6 Å². The van der Waals surface area contributed by atoms with Crippen LogP contribution in [0.5, 0.6) is 5.75 Å². The Morgan fingerprint density at radius 3 is 2.40 bits per heavy atom. The Kier molecular flexibility index (Phi) is 5.00. The topological polar surface area (TPSA) is 50.4 Å². The number of ether oxygens (including phenoxy) is 1. The monoisotopic (exact) mass is 270 g/mol. The molecule has 4 nitrogen and oxygen atoms in total. The van der Waals surface area contributed by atoms with Crippen molar-refractivity contribution in [2.24, 2.45) is 0 Å². The third-order valence-corrected chi connectivity index (χ3v) is 2.85. The third-order valence-electron chi connectivity index (χ3n) is 2.85. The number of hydrogen-bond acceptors (Lipinski definition) is 3. The zero-order chi connectivity index (χ0) is 14.2. The molecule has 0 fully saturated rings. The first-order valence-corrected chi connectivity index (χ1v) is 6.49. The standard InChI is InChI=1S/C16H18N2O2/c1-17-14-7-9-15(10-8-14)20-12-16(19)18-11-13-5-3-2-4-6-13/h2-10,17H,11-12H2,1H3,(H,18,19). The van der Waals surface area contributed by atoms with Gasteiger partial charge in [-0.1, -0.05) is 30.3 Å². The van der Waals surface area contributed by atoms with Crippen LogP contribution in [0.25, 0.3) is 0 Å². The number of hydrogen-bond donors (Lipinski definition) is 2. The van der Waals surface area contributed by atoms with Gasteiger partial charge in [0.1, 0.15) is 5.75 Å². The number of anilines is 1. The maximum absolute atomic E-state index is 11.7. The van der Waals surface area contributed by atoms with Crippen molar-refractivity contribution >= 4 is 11.6 Å². The first-order chi connectivity index (χ1) is 9.78. The lowest BCUT2D eigenvalue weighted by Gasteiger charge is -2.08. The molecule has 0 saturated carbocycles. The molecule has 4 heteroatoms. The van der Waals surface area contributed by atoms with Gasteiger partial charge >= 0.3 is 0 Å². The molecule has 0 heterocycles. The van der Waals surface area contributed by atoms with Crippen molar-refractivity contribution in [1.29, 1.82) is 0 Å². The van der Waals surface area contributed by atoms with Crippen molar-refractivity contribution in [1.82, 2.24) is 5.32 Å². The number of rotatable bonds is 6.